The third-order valence-corrected chi connectivity index (χ3v) is 4.42. The molecule has 0 radical (unpaired) electrons. The van der Waals surface area contributed by atoms with Crippen LogP contribution in [0.4, 0.5) is 0 Å². The van der Waals surface area contributed by atoms with Crippen molar-refractivity contribution in [3.8, 4) is 0 Å². The maximum absolute atomic E-state index is 11.2. The maximum Gasteiger partial charge on any atom is 0.296 e. The largest absolute Gasteiger partial charge is 0.296 e. The first kappa shape index (κ1) is 13.1. The molecule has 1 rings (SSSR count). The molecule has 1 aromatic rings. The van der Waals surface area contributed by atoms with E-state index in [4.69, 9.17) is 0 Å². The first-order chi connectivity index (χ1) is 7.33. The zero-order valence-electron chi connectivity index (χ0n) is 8.58. The van der Waals surface area contributed by atoms with E-state index in [2.05, 4.69) is 8.37 Å². The van der Waals surface area contributed by atoms with Crippen molar-refractivity contribution in [3.05, 3.63) is 24.3 Å². The third kappa shape index (κ3) is 2.59. The van der Waals surface area contributed by atoms with Crippen LogP contribution in [0.1, 0.15) is 0 Å². The molecular weight excluding hydrogens is 256 g/mol. The second-order valence-corrected chi connectivity index (χ2v) is 6.14. The zero-order valence-corrected chi connectivity index (χ0v) is 10.2. The lowest BCUT2D eigenvalue weighted by molar-refractivity contribution is 0.395. The first-order valence-corrected chi connectivity index (χ1v) is 6.86. The van der Waals surface area contributed by atoms with Crippen molar-refractivity contribution < 1.29 is 25.2 Å². The van der Waals surface area contributed by atoms with Gasteiger partial charge in [0.25, 0.3) is 20.2 Å². The van der Waals surface area contributed by atoms with Gasteiger partial charge in [0.05, 0.1) is 24.0 Å². The van der Waals surface area contributed by atoms with E-state index in [1.807, 2.05) is 0 Å². The van der Waals surface area contributed by atoms with Crippen molar-refractivity contribution in [2.24, 2.45) is 0 Å². The number of hydrogen-bond acceptors (Lipinski definition) is 6. The fraction of sp³-hybridized carbons (Fsp3) is 0.250. The summed E-state index contributed by atoms with van der Waals surface area (Å²) in [6, 6.07) is 4.52. The lowest BCUT2D eigenvalue weighted by Crippen LogP contribution is -2.05. The second-order valence-electron chi connectivity index (χ2n) is 2.71. The summed E-state index contributed by atoms with van der Waals surface area (Å²) in [5.41, 5.74) is 0. The molecule has 0 bridgehead atoms. The lowest BCUT2D eigenvalue weighted by atomic mass is 10.4. The number of benzene rings is 1. The van der Waals surface area contributed by atoms with Crippen molar-refractivity contribution in [1.82, 2.24) is 0 Å². The van der Waals surface area contributed by atoms with Crippen LogP contribution in [-0.4, -0.2) is 31.1 Å². The van der Waals surface area contributed by atoms with Crippen LogP contribution in [0.2, 0.25) is 0 Å². The van der Waals surface area contributed by atoms with Gasteiger partial charge in [-0.1, -0.05) is 0 Å². The summed E-state index contributed by atoms with van der Waals surface area (Å²) in [4.78, 5) is -0.241. The molecule has 0 unspecified atom stereocenters. The Kier molecular flexibility index (Phi) is 3.68. The monoisotopic (exact) mass is 266 g/mol. The van der Waals surface area contributed by atoms with E-state index in [1.165, 1.54) is 0 Å². The summed E-state index contributed by atoms with van der Waals surface area (Å²) >= 11 is 0. The Morgan fingerprint density at radius 1 is 0.750 bits per heavy atom. The summed E-state index contributed by atoms with van der Waals surface area (Å²) in [6.07, 6.45) is 0. The van der Waals surface area contributed by atoms with Gasteiger partial charge in [0, 0.05) is 0 Å². The van der Waals surface area contributed by atoms with Crippen LogP contribution in [0.5, 0.6) is 0 Å². The minimum atomic E-state index is -3.80. The highest BCUT2D eigenvalue weighted by molar-refractivity contribution is 7.87. The molecule has 0 amide bonds. The van der Waals surface area contributed by atoms with Crippen LogP contribution in [0, 0.1) is 0 Å². The van der Waals surface area contributed by atoms with Gasteiger partial charge in [0.2, 0.25) is 0 Å². The van der Waals surface area contributed by atoms with Gasteiger partial charge in [0.15, 0.2) is 0 Å². The highest BCUT2D eigenvalue weighted by Gasteiger charge is 2.16. The summed E-state index contributed by atoms with van der Waals surface area (Å²) in [6.45, 7) is 0. The van der Waals surface area contributed by atoms with Crippen LogP contribution < -0.4 is 0 Å². The molecule has 0 saturated carbocycles. The molecule has 0 atom stereocenters. The molecule has 6 nitrogen and oxygen atoms in total. The maximum atomic E-state index is 11.2. The van der Waals surface area contributed by atoms with Crippen molar-refractivity contribution in [2.75, 3.05) is 14.2 Å². The van der Waals surface area contributed by atoms with Crippen molar-refractivity contribution in [3.63, 3.8) is 0 Å². The summed E-state index contributed by atoms with van der Waals surface area (Å²) in [5.74, 6) is 0. The molecule has 0 heterocycles. The van der Waals surface area contributed by atoms with E-state index < -0.39 is 20.2 Å². The standard InChI is InChI=1S/C8H10O6S2/c1-13-15(9,10)7-3-5-8(6-4-7)16(11,12)14-2/h3-6H,1-2H3. The molecule has 0 fully saturated rings. The van der Waals surface area contributed by atoms with Gasteiger partial charge in [0.1, 0.15) is 0 Å². The molecule has 0 N–H and O–H groups in total. The van der Waals surface area contributed by atoms with E-state index in [0.29, 0.717) is 0 Å². The molecule has 0 aliphatic carbocycles. The molecule has 0 aliphatic heterocycles. The van der Waals surface area contributed by atoms with Crippen LogP contribution in [-0.2, 0) is 28.6 Å². The van der Waals surface area contributed by atoms with Crippen molar-refractivity contribution in [2.45, 2.75) is 9.79 Å². The molecule has 0 aromatic heterocycles. The van der Waals surface area contributed by atoms with E-state index >= 15 is 0 Å². The topological polar surface area (TPSA) is 86.7 Å². The average Bonchev–Trinajstić information content (AvgIpc) is 2.29. The third-order valence-electron chi connectivity index (χ3n) is 1.84. The van der Waals surface area contributed by atoms with E-state index in [1.54, 1.807) is 0 Å². The Balaban J connectivity index is 3.21. The van der Waals surface area contributed by atoms with Gasteiger partial charge >= 0.3 is 0 Å². The molecule has 1 aromatic carbocycles. The normalized spacial score (nSPS) is 12.6. The lowest BCUT2D eigenvalue weighted by Gasteiger charge is -2.03. The molecule has 0 saturated heterocycles. The van der Waals surface area contributed by atoms with Crippen LogP contribution >= 0.6 is 0 Å². The highest BCUT2D eigenvalue weighted by Crippen LogP contribution is 2.16. The number of rotatable bonds is 4. The van der Waals surface area contributed by atoms with Gasteiger partial charge < -0.3 is 0 Å². The fourth-order valence-corrected chi connectivity index (χ4v) is 2.29. The average molecular weight is 266 g/mol. The predicted octanol–water partition coefficient (Wildman–Crippen LogP) is 0.357. The Bertz CT molecular complexity index is 502. The van der Waals surface area contributed by atoms with Crippen molar-refractivity contribution >= 4 is 20.2 Å². The minimum Gasteiger partial charge on any atom is -0.270 e. The molecule has 90 valence electrons. The Hall–Kier alpha value is -0.960. The Morgan fingerprint density at radius 3 is 1.19 bits per heavy atom. The van der Waals surface area contributed by atoms with Gasteiger partial charge in [-0.2, -0.15) is 16.8 Å². The molecular formula is C8H10O6S2. The van der Waals surface area contributed by atoms with E-state index in [9.17, 15) is 16.8 Å². The van der Waals surface area contributed by atoms with Gasteiger partial charge in [-0.3, -0.25) is 8.37 Å². The van der Waals surface area contributed by atoms with Gasteiger partial charge in [-0.05, 0) is 24.3 Å². The minimum absolute atomic E-state index is 0.120. The molecule has 8 heteroatoms. The molecule has 0 aliphatic rings. The van der Waals surface area contributed by atoms with E-state index in [-0.39, 0.29) is 9.79 Å². The van der Waals surface area contributed by atoms with Gasteiger partial charge in [-0.15, -0.1) is 0 Å². The summed E-state index contributed by atoms with van der Waals surface area (Å²) in [5, 5.41) is 0. The Morgan fingerprint density at radius 2 is 1.00 bits per heavy atom. The molecule has 0 spiro atoms. The quantitative estimate of drug-likeness (QED) is 0.731. The predicted molar refractivity (Wildman–Crippen MR) is 54.8 cm³/mol. The molecule has 16 heavy (non-hydrogen) atoms. The summed E-state index contributed by atoms with van der Waals surface area (Å²) in [7, 11) is -5.56. The smallest absolute Gasteiger partial charge is 0.270 e. The van der Waals surface area contributed by atoms with Crippen molar-refractivity contribution in [1.29, 1.82) is 0 Å². The fourth-order valence-electron chi connectivity index (χ4n) is 0.965. The van der Waals surface area contributed by atoms with E-state index in [0.717, 1.165) is 38.5 Å². The Labute approximate surface area is 94.1 Å². The van der Waals surface area contributed by atoms with Crippen LogP contribution in [0.15, 0.2) is 34.1 Å². The highest BCUT2D eigenvalue weighted by atomic mass is 32.2. The second kappa shape index (κ2) is 4.50. The SMILES string of the molecule is COS(=O)(=O)c1ccc(S(=O)(=O)OC)cc1. The zero-order chi connectivity index (χ0) is 12.4. The van der Waals surface area contributed by atoms with Crippen LogP contribution in [0.25, 0.3) is 0 Å². The first-order valence-electron chi connectivity index (χ1n) is 4.05. The van der Waals surface area contributed by atoms with Crippen LogP contribution in [0.3, 0.4) is 0 Å². The number of hydrogen-bond donors (Lipinski definition) is 0. The summed E-state index contributed by atoms with van der Waals surface area (Å²) < 4.78 is 53.4. The van der Waals surface area contributed by atoms with Gasteiger partial charge in [-0.25, -0.2) is 0 Å².